The van der Waals surface area contributed by atoms with Gasteiger partial charge in [-0.25, -0.2) is 4.98 Å². The average molecular weight is 387 g/mol. The number of anilines is 2. The SMILES string of the molecule is C=C(/C=C(/C)NCCC)Nc1cccc(Sc2ccc(N)c(SC)c2)n1. The summed E-state index contributed by atoms with van der Waals surface area (Å²) in [5, 5.41) is 7.50. The Labute approximate surface area is 164 Å². The molecule has 0 saturated heterocycles. The second-order valence-electron chi connectivity index (χ2n) is 5.77. The average Bonchev–Trinajstić information content (AvgIpc) is 2.61. The van der Waals surface area contributed by atoms with Gasteiger partial charge in [-0.3, -0.25) is 0 Å². The van der Waals surface area contributed by atoms with E-state index < -0.39 is 0 Å². The first kappa shape index (κ1) is 20.3. The molecular formula is C20H26N4S2. The van der Waals surface area contributed by atoms with Gasteiger partial charge in [-0.2, -0.15) is 0 Å². The second-order valence-corrected chi connectivity index (χ2v) is 7.71. The number of allylic oxidation sites excluding steroid dienone is 2. The number of hydrogen-bond acceptors (Lipinski definition) is 6. The number of pyridine rings is 1. The summed E-state index contributed by atoms with van der Waals surface area (Å²) in [5.41, 5.74) is 8.66. The Morgan fingerprint density at radius 2 is 2.12 bits per heavy atom. The van der Waals surface area contributed by atoms with Crippen LogP contribution in [0.3, 0.4) is 0 Å². The molecule has 0 fully saturated rings. The van der Waals surface area contributed by atoms with E-state index in [1.54, 1.807) is 23.5 Å². The number of benzene rings is 1. The van der Waals surface area contributed by atoms with Crippen molar-refractivity contribution in [2.24, 2.45) is 0 Å². The zero-order valence-electron chi connectivity index (χ0n) is 15.5. The first-order valence-corrected chi connectivity index (χ1v) is 10.5. The molecule has 0 radical (unpaired) electrons. The highest BCUT2D eigenvalue weighted by Gasteiger charge is 2.04. The smallest absolute Gasteiger partial charge is 0.131 e. The van der Waals surface area contributed by atoms with Crippen LogP contribution in [0, 0.1) is 0 Å². The fourth-order valence-corrected chi connectivity index (χ4v) is 3.72. The third kappa shape index (κ3) is 6.35. The monoisotopic (exact) mass is 386 g/mol. The summed E-state index contributed by atoms with van der Waals surface area (Å²) in [5.74, 6) is 0.778. The predicted molar refractivity (Wildman–Crippen MR) is 116 cm³/mol. The molecule has 0 amide bonds. The number of nitrogens with two attached hydrogens (primary N) is 1. The van der Waals surface area contributed by atoms with Gasteiger partial charge < -0.3 is 16.4 Å². The summed E-state index contributed by atoms with van der Waals surface area (Å²) in [6.45, 7) is 9.19. The van der Waals surface area contributed by atoms with Crippen LogP contribution in [0.15, 0.2) is 75.3 Å². The Balaban J connectivity index is 2.05. The van der Waals surface area contributed by atoms with Gasteiger partial charge in [0.05, 0.1) is 0 Å². The van der Waals surface area contributed by atoms with Crippen molar-refractivity contribution in [3.05, 3.63) is 60.4 Å². The van der Waals surface area contributed by atoms with Crippen LogP contribution in [0.2, 0.25) is 0 Å². The zero-order valence-corrected chi connectivity index (χ0v) is 17.1. The van der Waals surface area contributed by atoms with E-state index in [0.29, 0.717) is 0 Å². The van der Waals surface area contributed by atoms with E-state index in [-0.39, 0.29) is 0 Å². The van der Waals surface area contributed by atoms with Gasteiger partial charge in [0.1, 0.15) is 10.8 Å². The molecule has 0 unspecified atom stereocenters. The molecule has 0 aliphatic carbocycles. The molecule has 0 saturated carbocycles. The van der Waals surface area contributed by atoms with Crippen molar-refractivity contribution < 1.29 is 0 Å². The maximum absolute atomic E-state index is 5.97. The molecular weight excluding hydrogens is 360 g/mol. The van der Waals surface area contributed by atoms with Gasteiger partial charge in [-0.15, -0.1) is 11.8 Å². The standard InChI is InChI=1S/C20H26N4S2/c1-5-11-22-14(2)12-15(3)23-19-7-6-8-20(24-19)26-16-9-10-17(21)18(13-16)25-4/h6-10,12-13,22H,3,5,11,21H2,1-2,4H3,(H,23,24)/b14-12-. The lowest BCUT2D eigenvalue weighted by molar-refractivity contribution is 0.769. The molecule has 0 spiro atoms. The number of thioether (sulfide) groups is 1. The number of rotatable bonds is 9. The minimum absolute atomic E-state index is 0.778. The molecule has 26 heavy (non-hydrogen) atoms. The summed E-state index contributed by atoms with van der Waals surface area (Å²) in [6.07, 6.45) is 5.11. The van der Waals surface area contributed by atoms with Crippen LogP contribution in [0.5, 0.6) is 0 Å². The van der Waals surface area contributed by atoms with Gasteiger partial charge in [-0.1, -0.05) is 31.3 Å². The molecule has 0 atom stereocenters. The van der Waals surface area contributed by atoms with Gasteiger partial charge in [-0.05, 0) is 56.0 Å². The van der Waals surface area contributed by atoms with E-state index in [4.69, 9.17) is 5.73 Å². The largest absolute Gasteiger partial charge is 0.398 e. The molecule has 0 aliphatic rings. The lowest BCUT2D eigenvalue weighted by Crippen LogP contribution is -2.12. The van der Waals surface area contributed by atoms with Crippen LogP contribution in [0.25, 0.3) is 0 Å². The minimum Gasteiger partial charge on any atom is -0.398 e. The van der Waals surface area contributed by atoms with Crippen LogP contribution < -0.4 is 16.4 Å². The van der Waals surface area contributed by atoms with Gasteiger partial charge in [0.15, 0.2) is 0 Å². The number of nitrogen functional groups attached to an aromatic ring is 1. The number of hydrogen-bond donors (Lipinski definition) is 3. The normalized spacial score (nSPS) is 11.3. The van der Waals surface area contributed by atoms with Gasteiger partial charge >= 0.3 is 0 Å². The third-order valence-corrected chi connectivity index (χ3v) is 5.20. The highest BCUT2D eigenvalue weighted by atomic mass is 32.2. The predicted octanol–water partition coefficient (Wildman–Crippen LogP) is 5.37. The van der Waals surface area contributed by atoms with Gasteiger partial charge in [0, 0.05) is 33.4 Å². The number of nitrogens with one attached hydrogen (secondary N) is 2. The maximum Gasteiger partial charge on any atom is 0.131 e. The van der Waals surface area contributed by atoms with Crippen LogP contribution in [0.1, 0.15) is 20.3 Å². The minimum atomic E-state index is 0.778. The van der Waals surface area contributed by atoms with Crippen LogP contribution >= 0.6 is 23.5 Å². The molecule has 4 nitrogen and oxygen atoms in total. The summed E-state index contributed by atoms with van der Waals surface area (Å²) in [4.78, 5) is 6.86. The second kappa shape index (κ2) is 10.2. The Hall–Kier alpha value is -2.05. The van der Waals surface area contributed by atoms with E-state index in [9.17, 15) is 0 Å². The fourth-order valence-electron chi connectivity index (χ4n) is 2.25. The van der Waals surface area contributed by atoms with Crippen molar-refractivity contribution >= 4 is 35.0 Å². The zero-order chi connectivity index (χ0) is 18.9. The van der Waals surface area contributed by atoms with Crippen LogP contribution in [-0.4, -0.2) is 17.8 Å². The molecule has 4 N–H and O–H groups in total. The number of aromatic nitrogens is 1. The summed E-state index contributed by atoms with van der Waals surface area (Å²) >= 11 is 3.26. The summed E-state index contributed by atoms with van der Waals surface area (Å²) in [7, 11) is 0. The van der Waals surface area contributed by atoms with Crippen LogP contribution in [0.4, 0.5) is 11.5 Å². The third-order valence-electron chi connectivity index (χ3n) is 3.48. The molecule has 138 valence electrons. The number of nitrogens with zero attached hydrogens (tertiary/aromatic N) is 1. The molecule has 2 rings (SSSR count). The van der Waals surface area contributed by atoms with Crippen molar-refractivity contribution in [3.8, 4) is 0 Å². The lowest BCUT2D eigenvalue weighted by atomic mass is 10.3. The van der Waals surface area contributed by atoms with E-state index in [2.05, 4.69) is 35.2 Å². The van der Waals surface area contributed by atoms with Crippen molar-refractivity contribution in [1.82, 2.24) is 10.3 Å². The highest BCUT2D eigenvalue weighted by molar-refractivity contribution is 7.99. The first-order valence-electron chi connectivity index (χ1n) is 8.48. The van der Waals surface area contributed by atoms with E-state index >= 15 is 0 Å². The lowest BCUT2D eigenvalue weighted by Gasteiger charge is -2.10. The fraction of sp³-hybridized carbons (Fsp3) is 0.250. The maximum atomic E-state index is 5.97. The van der Waals surface area contributed by atoms with Crippen LogP contribution in [-0.2, 0) is 0 Å². The molecule has 6 heteroatoms. The topological polar surface area (TPSA) is 63.0 Å². The van der Waals surface area contributed by atoms with E-state index in [1.165, 1.54) is 0 Å². The van der Waals surface area contributed by atoms with Crippen molar-refractivity contribution in [3.63, 3.8) is 0 Å². The highest BCUT2D eigenvalue weighted by Crippen LogP contribution is 2.32. The van der Waals surface area contributed by atoms with Gasteiger partial charge in [0.25, 0.3) is 0 Å². The molecule has 0 aliphatic heterocycles. The Kier molecular flexibility index (Phi) is 7.94. The quantitative estimate of drug-likeness (QED) is 0.306. The van der Waals surface area contributed by atoms with Crippen molar-refractivity contribution in [1.29, 1.82) is 0 Å². The van der Waals surface area contributed by atoms with E-state index in [0.717, 1.165) is 50.7 Å². The Morgan fingerprint density at radius 3 is 2.85 bits per heavy atom. The van der Waals surface area contributed by atoms with Crippen molar-refractivity contribution in [2.45, 2.75) is 35.1 Å². The van der Waals surface area contributed by atoms with E-state index in [1.807, 2.05) is 49.6 Å². The summed E-state index contributed by atoms with van der Waals surface area (Å²) < 4.78 is 0. The molecule has 0 bridgehead atoms. The van der Waals surface area contributed by atoms with Gasteiger partial charge in [0.2, 0.25) is 0 Å². The Bertz CT molecular complexity index is 787. The molecule has 1 aromatic carbocycles. The molecule has 2 aromatic rings. The van der Waals surface area contributed by atoms with Crippen molar-refractivity contribution in [2.75, 3.05) is 23.9 Å². The first-order chi connectivity index (χ1) is 12.5. The molecule has 1 heterocycles. The Morgan fingerprint density at radius 1 is 1.31 bits per heavy atom. The molecule has 1 aromatic heterocycles. The summed E-state index contributed by atoms with van der Waals surface area (Å²) in [6, 6.07) is 12.0.